The van der Waals surface area contributed by atoms with Gasteiger partial charge in [-0.05, 0) is 43.2 Å². The first-order valence-corrected chi connectivity index (χ1v) is 11.1. The highest BCUT2D eigenvalue weighted by molar-refractivity contribution is 7.89. The van der Waals surface area contributed by atoms with Crippen molar-refractivity contribution in [2.75, 3.05) is 40.5 Å². The number of ether oxygens (including phenoxy) is 3. The number of hydrogen-bond donors (Lipinski definition) is 2. The van der Waals surface area contributed by atoms with Gasteiger partial charge in [0.05, 0.1) is 20.3 Å². The Balaban J connectivity index is 1.87. The lowest BCUT2D eigenvalue weighted by Gasteiger charge is -2.12. The standard InChI is InChI=1S/C21H28N2O6S/c1-27-15-13-23-30(25,26)20-16-17(10-11-19(20)28-2)21(24)22-12-6-7-14-29-18-8-4-3-5-9-18/h3-5,8-11,16,23H,6-7,12-15H2,1-2H3,(H,22,24). The molecule has 0 bridgehead atoms. The summed E-state index contributed by atoms with van der Waals surface area (Å²) in [6.45, 7) is 1.36. The highest BCUT2D eigenvalue weighted by Crippen LogP contribution is 2.24. The summed E-state index contributed by atoms with van der Waals surface area (Å²) in [6.07, 6.45) is 1.51. The highest BCUT2D eigenvalue weighted by atomic mass is 32.2. The van der Waals surface area contributed by atoms with E-state index in [1.807, 2.05) is 30.3 Å². The summed E-state index contributed by atoms with van der Waals surface area (Å²) in [5.41, 5.74) is 0.239. The zero-order valence-electron chi connectivity index (χ0n) is 17.2. The van der Waals surface area contributed by atoms with E-state index in [2.05, 4.69) is 10.0 Å². The molecule has 2 aromatic rings. The predicted molar refractivity (Wildman–Crippen MR) is 114 cm³/mol. The third-order valence-electron chi connectivity index (χ3n) is 4.18. The number of amides is 1. The van der Waals surface area contributed by atoms with E-state index in [1.165, 1.54) is 32.4 Å². The minimum atomic E-state index is -3.84. The number of rotatable bonds is 13. The number of nitrogens with one attached hydrogen (secondary N) is 2. The summed E-state index contributed by atoms with van der Waals surface area (Å²) in [7, 11) is -0.986. The van der Waals surface area contributed by atoms with E-state index in [-0.39, 0.29) is 35.3 Å². The molecule has 0 saturated heterocycles. The second kappa shape index (κ2) is 12.2. The topological polar surface area (TPSA) is 103 Å². The highest BCUT2D eigenvalue weighted by Gasteiger charge is 2.21. The fourth-order valence-electron chi connectivity index (χ4n) is 2.62. The maximum Gasteiger partial charge on any atom is 0.251 e. The smallest absolute Gasteiger partial charge is 0.251 e. The van der Waals surface area contributed by atoms with Crippen molar-refractivity contribution in [2.24, 2.45) is 0 Å². The Labute approximate surface area is 177 Å². The first-order chi connectivity index (χ1) is 14.5. The zero-order chi connectivity index (χ0) is 21.8. The molecular formula is C21H28N2O6S. The SMILES string of the molecule is COCCNS(=O)(=O)c1cc(C(=O)NCCCCOc2ccccc2)ccc1OC. The van der Waals surface area contributed by atoms with Crippen molar-refractivity contribution in [3.8, 4) is 11.5 Å². The van der Waals surface area contributed by atoms with Crippen LogP contribution in [0.2, 0.25) is 0 Å². The average Bonchev–Trinajstić information content (AvgIpc) is 2.76. The van der Waals surface area contributed by atoms with Crippen LogP contribution in [-0.2, 0) is 14.8 Å². The van der Waals surface area contributed by atoms with Crippen LogP contribution in [0, 0.1) is 0 Å². The molecule has 8 nitrogen and oxygen atoms in total. The van der Waals surface area contributed by atoms with Crippen LogP contribution in [0.25, 0.3) is 0 Å². The van der Waals surface area contributed by atoms with Crippen molar-refractivity contribution in [2.45, 2.75) is 17.7 Å². The fraction of sp³-hybridized carbons (Fsp3) is 0.381. The monoisotopic (exact) mass is 436 g/mol. The van der Waals surface area contributed by atoms with Crippen molar-refractivity contribution in [1.29, 1.82) is 0 Å². The molecule has 0 saturated carbocycles. The second-order valence-electron chi connectivity index (χ2n) is 6.38. The maximum atomic E-state index is 12.5. The van der Waals surface area contributed by atoms with Gasteiger partial charge in [-0.2, -0.15) is 0 Å². The Hall–Kier alpha value is -2.62. The molecule has 30 heavy (non-hydrogen) atoms. The summed E-state index contributed by atoms with van der Waals surface area (Å²) in [5, 5.41) is 2.80. The van der Waals surface area contributed by atoms with Crippen molar-refractivity contribution < 1.29 is 27.4 Å². The summed E-state index contributed by atoms with van der Waals surface area (Å²) < 4.78 is 43.1. The number of unbranched alkanes of at least 4 members (excludes halogenated alkanes) is 1. The second-order valence-corrected chi connectivity index (χ2v) is 8.12. The van der Waals surface area contributed by atoms with E-state index >= 15 is 0 Å². The summed E-state index contributed by atoms with van der Waals surface area (Å²) in [6, 6.07) is 13.8. The lowest BCUT2D eigenvalue weighted by Crippen LogP contribution is -2.28. The van der Waals surface area contributed by atoms with Gasteiger partial charge in [0.1, 0.15) is 16.4 Å². The van der Waals surface area contributed by atoms with Crippen LogP contribution in [0.3, 0.4) is 0 Å². The number of carbonyl (C=O) groups is 1. The number of methoxy groups -OCH3 is 2. The Bertz CT molecular complexity index is 903. The van der Waals surface area contributed by atoms with Crippen LogP contribution in [0.15, 0.2) is 53.4 Å². The third kappa shape index (κ3) is 7.33. The Morgan fingerprint density at radius 3 is 2.43 bits per heavy atom. The minimum absolute atomic E-state index is 0.0926. The molecule has 9 heteroatoms. The largest absolute Gasteiger partial charge is 0.495 e. The van der Waals surface area contributed by atoms with Gasteiger partial charge in [0, 0.05) is 25.8 Å². The van der Waals surface area contributed by atoms with Gasteiger partial charge in [0.2, 0.25) is 10.0 Å². The van der Waals surface area contributed by atoms with Gasteiger partial charge in [0.25, 0.3) is 5.91 Å². The van der Waals surface area contributed by atoms with E-state index < -0.39 is 10.0 Å². The number of hydrogen-bond acceptors (Lipinski definition) is 6. The number of benzene rings is 2. The summed E-state index contributed by atoms with van der Waals surface area (Å²) in [4.78, 5) is 12.3. The third-order valence-corrected chi connectivity index (χ3v) is 5.66. The molecule has 0 aliphatic rings. The molecule has 164 valence electrons. The van der Waals surface area contributed by atoms with Gasteiger partial charge in [-0.1, -0.05) is 18.2 Å². The maximum absolute atomic E-state index is 12.5. The molecule has 0 aliphatic heterocycles. The van der Waals surface area contributed by atoms with Gasteiger partial charge in [0.15, 0.2) is 0 Å². The molecule has 0 atom stereocenters. The van der Waals surface area contributed by atoms with Gasteiger partial charge >= 0.3 is 0 Å². The van der Waals surface area contributed by atoms with Crippen molar-refractivity contribution in [1.82, 2.24) is 10.0 Å². The number of sulfonamides is 1. The molecule has 0 aliphatic carbocycles. The van der Waals surface area contributed by atoms with Gasteiger partial charge in [-0.25, -0.2) is 13.1 Å². The van der Waals surface area contributed by atoms with E-state index in [9.17, 15) is 13.2 Å². The van der Waals surface area contributed by atoms with Gasteiger partial charge < -0.3 is 19.5 Å². The van der Waals surface area contributed by atoms with Crippen LogP contribution in [-0.4, -0.2) is 54.8 Å². The van der Waals surface area contributed by atoms with Crippen LogP contribution in [0.5, 0.6) is 11.5 Å². The zero-order valence-corrected chi connectivity index (χ0v) is 18.0. The molecule has 0 unspecified atom stereocenters. The van der Waals surface area contributed by atoms with Crippen molar-refractivity contribution >= 4 is 15.9 Å². The summed E-state index contributed by atoms with van der Waals surface area (Å²) in [5.74, 6) is 0.622. The summed E-state index contributed by atoms with van der Waals surface area (Å²) >= 11 is 0. The van der Waals surface area contributed by atoms with Crippen LogP contribution in [0.1, 0.15) is 23.2 Å². The number of para-hydroxylation sites is 1. The van der Waals surface area contributed by atoms with E-state index in [0.29, 0.717) is 13.2 Å². The molecule has 0 heterocycles. The van der Waals surface area contributed by atoms with E-state index in [4.69, 9.17) is 14.2 Å². The first kappa shape index (κ1) is 23.7. The van der Waals surface area contributed by atoms with Gasteiger partial charge in [-0.15, -0.1) is 0 Å². The molecule has 0 aromatic heterocycles. The lowest BCUT2D eigenvalue weighted by molar-refractivity contribution is 0.0952. The van der Waals surface area contributed by atoms with Crippen LogP contribution < -0.4 is 19.5 Å². The Morgan fingerprint density at radius 1 is 0.967 bits per heavy atom. The van der Waals surface area contributed by atoms with Crippen LogP contribution in [0.4, 0.5) is 0 Å². The Morgan fingerprint density at radius 2 is 1.73 bits per heavy atom. The Kier molecular flexibility index (Phi) is 9.59. The molecule has 2 N–H and O–H groups in total. The van der Waals surface area contributed by atoms with Crippen molar-refractivity contribution in [3.63, 3.8) is 0 Å². The normalized spacial score (nSPS) is 11.1. The predicted octanol–water partition coefficient (Wildman–Crippen LogP) is 2.21. The van der Waals surface area contributed by atoms with E-state index in [1.54, 1.807) is 0 Å². The van der Waals surface area contributed by atoms with Crippen molar-refractivity contribution in [3.05, 3.63) is 54.1 Å². The molecule has 0 spiro atoms. The number of carbonyl (C=O) groups excluding carboxylic acids is 1. The van der Waals surface area contributed by atoms with Gasteiger partial charge in [-0.3, -0.25) is 4.79 Å². The molecule has 1 amide bonds. The quantitative estimate of drug-likeness (QED) is 0.467. The average molecular weight is 437 g/mol. The van der Waals surface area contributed by atoms with Crippen LogP contribution >= 0.6 is 0 Å². The lowest BCUT2D eigenvalue weighted by atomic mass is 10.2. The molecule has 2 aromatic carbocycles. The minimum Gasteiger partial charge on any atom is -0.495 e. The molecule has 0 radical (unpaired) electrons. The molecular weight excluding hydrogens is 408 g/mol. The first-order valence-electron chi connectivity index (χ1n) is 9.60. The fourth-order valence-corrected chi connectivity index (χ4v) is 3.83. The molecule has 0 fully saturated rings. The molecule has 2 rings (SSSR count). The van der Waals surface area contributed by atoms with E-state index in [0.717, 1.165) is 18.6 Å².